The van der Waals surface area contributed by atoms with Gasteiger partial charge in [-0.15, -0.1) is 0 Å². The van der Waals surface area contributed by atoms with Crippen molar-refractivity contribution >= 4 is 17.7 Å². The molecule has 0 heterocycles. The first kappa shape index (κ1) is 24.4. The van der Waals surface area contributed by atoms with Crippen LogP contribution < -0.4 is 16.0 Å². The molecule has 7 nitrogen and oxygen atoms in total. The van der Waals surface area contributed by atoms with Crippen LogP contribution in [0.5, 0.6) is 0 Å². The molecule has 3 amide bonds. The zero-order valence-corrected chi connectivity index (χ0v) is 17.4. The van der Waals surface area contributed by atoms with Crippen LogP contribution in [0.25, 0.3) is 0 Å². The molecule has 0 bridgehead atoms. The Hall–Kier alpha value is -1.63. The highest BCUT2D eigenvalue weighted by atomic mass is 16.2. The number of hydrogen-bond acceptors (Lipinski definition) is 4. The molecule has 0 aliphatic heterocycles. The van der Waals surface area contributed by atoms with Crippen molar-refractivity contribution in [2.45, 2.75) is 48.0 Å². The van der Waals surface area contributed by atoms with E-state index in [1.165, 1.54) is 0 Å². The highest BCUT2D eigenvalue weighted by Crippen LogP contribution is 1.99. The summed E-state index contributed by atoms with van der Waals surface area (Å²) in [6.07, 6.45) is 0.817. The number of hydrogen-bond donors (Lipinski definition) is 3. The van der Waals surface area contributed by atoms with Crippen molar-refractivity contribution in [2.75, 3.05) is 39.3 Å². The van der Waals surface area contributed by atoms with Gasteiger partial charge in [0.25, 0.3) is 0 Å². The fraction of sp³-hybridized carbons (Fsp3) is 0.842. The van der Waals surface area contributed by atoms with Crippen LogP contribution in [0.15, 0.2) is 0 Å². The van der Waals surface area contributed by atoms with Crippen LogP contribution in [0.1, 0.15) is 48.0 Å². The van der Waals surface area contributed by atoms with Crippen LogP contribution in [-0.4, -0.2) is 61.9 Å². The molecule has 0 saturated carbocycles. The van der Waals surface area contributed by atoms with E-state index in [9.17, 15) is 14.4 Å². The molecular weight excluding hydrogens is 332 g/mol. The molecule has 0 aromatic heterocycles. The number of nitrogens with zero attached hydrogens (tertiary/aromatic N) is 1. The van der Waals surface area contributed by atoms with Gasteiger partial charge in [-0.3, -0.25) is 19.3 Å². The van der Waals surface area contributed by atoms with Crippen molar-refractivity contribution in [1.29, 1.82) is 0 Å². The van der Waals surface area contributed by atoms with E-state index >= 15 is 0 Å². The minimum atomic E-state index is -0.0383. The van der Waals surface area contributed by atoms with E-state index in [1.807, 2.05) is 41.5 Å². The lowest BCUT2D eigenvalue weighted by Gasteiger charge is -2.23. The van der Waals surface area contributed by atoms with Gasteiger partial charge < -0.3 is 16.0 Å². The third-order valence-electron chi connectivity index (χ3n) is 4.29. The molecule has 0 saturated heterocycles. The van der Waals surface area contributed by atoms with Crippen molar-refractivity contribution in [1.82, 2.24) is 20.9 Å². The van der Waals surface area contributed by atoms with Gasteiger partial charge in [0.05, 0.1) is 0 Å². The second-order valence-electron chi connectivity index (χ2n) is 7.33. The first-order valence-electron chi connectivity index (χ1n) is 9.74. The maximum atomic E-state index is 11.9. The fourth-order valence-electron chi connectivity index (χ4n) is 2.11. The van der Waals surface area contributed by atoms with E-state index < -0.39 is 0 Å². The lowest BCUT2D eigenvalue weighted by atomic mass is 10.1. The third-order valence-corrected chi connectivity index (χ3v) is 4.29. The van der Waals surface area contributed by atoms with E-state index in [4.69, 9.17) is 0 Å². The predicted molar refractivity (Wildman–Crippen MR) is 105 cm³/mol. The van der Waals surface area contributed by atoms with E-state index in [0.29, 0.717) is 39.3 Å². The first-order valence-corrected chi connectivity index (χ1v) is 9.74. The Morgan fingerprint density at radius 3 is 1.35 bits per heavy atom. The van der Waals surface area contributed by atoms with Gasteiger partial charge in [-0.2, -0.15) is 0 Å². The molecule has 0 fully saturated rings. The highest BCUT2D eigenvalue weighted by Gasteiger charge is 2.12. The molecule has 1 atom stereocenters. The average Bonchev–Trinajstić information content (AvgIpc) is 2.59. The number of carbonyl (C=O) groups is 3. The van der Waals surface area contributed by atoms with Crippen LogP contribution in [0.2, 0.25) is 0 Å². The molecule has 7 heteroatoms. The van der Waals surface area contributed by atoms with Crippen molar-refractivity contribution in [3.63, 3.8) is 0 Å². The fourth-order valence-corrected chi connectivity index (χ4v) is 2.11. The molecule has 0 spiro atoms. The van der Waals surface area contributed by atoms with Crippen molar-refractivity contribution < 1.29 is 14.4 Å². The minimum Gasteiger partial charge on any atom is -0.355 e. The maximum Gasteiger partial charge on any atom is 0.222 e. The van der Waals surface area contributed by atoms with Crippen molar-refractivity contribution in [2.24, 2.45) is 17.8 Å². The highest BCUT2D eigenvalue weighted by molar-refractivity contribution is 5.78. The van der Waals surface area contributed by atoms with Gasteiger partial charge in [0, 0.05) is 57.0 Å². The normalized spacial score (nSPS) is 12.3. The second-order valence-corrected chi connectivity index (χ2v) is 7.33. The Morgan fingerprint density at radius 2 is 1.04 bits per heavy atom. The Labute approximate surface area is 158 Å². The average molecular weight is 371 g/mol. The molecule has 152 valence electrons. The Morgan fingerprint density at radius 1 is 0.692 bits per heavy atom. The van der Waals surface area contributed by atoms with Crippen LogP contribution in [0.3, 0.4) is 0 Å². The molecule has 0 radical (unpaired) electrons. The van der Waals surface area contributed by atoms with Gasteiger partial charge >= 0.3 is 0 Å². The summed E-state index contributed by atoms with van der Waals surface area (Å²) in [7, 11) is 0. The van der Waals surface area contributed by atoms with E-state index in [-0.39, 0.29) is 35.5 Å². The molecule has 26 heavy (non-hydrogen) atoms. The number of amides is 3. The lowest BCUT2D eigenvalue weighted by molar-refractivity contribution is -0.125. The zero-order chi connectivity index (χ0) is 20.1. The van der Waals surface area contributed by atoms with Gasteiger partial charge in [-0.25, -0.2) is 0 Å². The van der Waals surface area contributed by atoms with Gasteiger partial charge in [0.15, 0.2) is 0 Å². The van der Waals surface area contributed by atoms with E-state index in [0.717, 1.165) is 6.42 Å². The van der Waals surface area contributed by atoms with E-state index in [2.05, 4.69) is 20.9 Å². The summed E-state index contributed by atoms with van der Waals surface area (Å²) in [5.41, 5.74) is 0. The molecule has 1 unspecified atom stereocenters. The molecule has 0 aromatic rings. The topological polar surface area (TPSA) is 90.5 Å². The van der Waals surface area contributed by atoms with Crippen LogP contribution in [-0.2, 0) is 14.4 Å². The quantitative estimate of drug-likeness (QED) is 0.451. The molecular formula is C19H38N4O3. The van der Waals surface area contributed by atoms with Crippen LogP contribution in [0, 0.1) is 17.8 Å². The summed E-state index contributed by atoms with van der Waals surface area (Å²) in [6.45, 7) is 15.0. The summed E-state index contributed by atoms with van der Waals surface area (Å²) in [5, 5.41) is 8.75. The number of carbonyl (C=O) groups excluding carboxylic acids is 3. The molecule has 3 N–H and O–H groups in total. The minimum absolute atomic E-state index is 0.0131. The summed E-state index contributed by atoms with van der Waals surface area (Å²) in [4.78, 5) is 37.3. The summed E-state index contributed by atoms with van der Waals surface area (Å²) in [6, 6.07) is 0. The lowest BCUT2D eigenvalue weighted by Crippen LogP contribution is -2.44. The molecule has 0 aromatic carbocycles. The van der Waals surface area contributed by atoms with Gasteiger partial charge in [0.2, 0.25) is 17.7 Å². The standard InChI is InChI=1S/C19H38N4O3/c1-7-16(6)19(26)22-10-13-23(11-8-20-17(24)14(2)3)12-9-21-18(25)15(4)5/h14-16H,7-13H2,1-6H3,(H,20,24)(H,21,25)(H,22,26). The molecule has 0 aliphatic carbocycles. The summed E-state index contributed by atoms with van der Waals surface area (Å²) >= 11 is 0. The van der Waals surface area contributed by atoms with Crippen LogP contribution in [0.4, 0.5) is 0 Å². The van der Waals surface area contributed by atoms with Crippen molar-refractivity contribution in [3.05, 3.63) is 0 Å². The molecule has 0 rings (SSSR count). The monoisotopic (exact) mass is 370 g/mol. The summed E-state index contributed by atoms with van der Waals surface area (Å²) < 4.78 is 0. The van der Waals surface area contributed by atoms with Gasteiger partial charge in [0.1, 0.15) is 0 Å². The molecule has 0 aliphatic rings. The maximum absolute atomic E-state index is 11.9. The van der Waals surface area contributed by atoms with Crippen LogP contribution >= 0.6 is 0 Å². The Balaban J connectivity index is 4.36. The predicted octanol–water partition coefficient (Wildman–Crippen LogP) is 0.995. The largest absolute Gasteiger partial charge is 0.355 e. The summed E-state index contributed by atoms with van der Waals surface area (Å²) in [5.74, 6) is 0.0613. The van der Waals surface area contributed by atoms with Crippen molar-refractivity contribution in [3.8, 4) is 0 Å². The van der Waals surface area contributed by atoms with Gasteiger partial charge in [-0.1, -0.05) is 41.5 Å². The first-order chi connectivity index (χ1) is 12.2. The number of rotatable bonds is 13. The smallest absolute Gasteiger partial charge is 0.222 e. The Kier molecular flexibility index (Phi) is 12.7. The third kappa shape index (κ3) is 11.1. The SMILES string of the molecule is CCC(C)C(=O)NCCN(CCNC(=O)C(C)C)CCNC(=O)C(C)C. The second kappa shape index (κ2) is 13.6. The van der Waals surface area contributed by atoms with E-state index in [1.54, 1.807) is 0 Å². The zero-order valence-electron chi connectivity index (χ0n) is 17.4. The van der Waals surface area contributed by atoms with Gasteiger partial charge in [-0.05, 0) is 6.42 Å². The Bertz CT molecular complexity index is 413. The number of nitrogens with one attached hydrogen (secondary N) is 3.